The van der Waals surface area contributed by atoms with Crippen LogP contribution in [0.4, 0.5) is 0 Å². The molecule has 0 heterocycles. The molecule has 0 aliphatic rings. The molecular weight excluding hydrogens is 115 g/mol. The molecular formula is CHMnO3-. The van der Waals surface area contributed by atoms with Gasteiger partial charge in [0.15, 0.2) is 0 Å². The molecule has 0 aromatic carbocycles. The minimum absolute atomic E-state index is 1.44. The Morgan fingerprint density at radius 2 is 1.20 bits per heavy atom. The van der Waals surface area contributed by atoms with E-state index in [1.165, 1.54) is 0 Å². The molecule has 0 saturated heterocycles. The minimum atomic E-state index is -1.44. The van der Waals surface area contributed by atoms with Gasteiger partial charge in [0.2, 0.25) is 0 Å². The van der Waals surface area contributed by atoms with Gasteiger partial charge in [0, 0.05) is 0 Å². The molecule has 0 aromatic rings. The van der Waals surface area contributed by atoms with E-state index in [9.17, 15) is 0 Å². The Morgan fingerprint density at radius 1 is 1.20 bits per heavy atom. The molecule has 5 heavy (non-hydrogen) atoms. The standard InChI is InChI=1S/CHO.Mn.2O/c1-2;;;/h1H;;;/q-1;;;. The first kappa shape index (κ1) is 8.84. The van der Waals surface area contributed by atoms with Gasteiger partial charge in [-0.05, 0) is 0 Å². The van der Waals surface area contributed by atoms with Crippen molar-refractivity contribution >= 4 is 6.79 Å². The quantitative estimate of drug-likeness (QED) is 0.243. The first-order valence-electron chi connectivity index (χ1n) is 0.544. The molecule has 0 saturated carbocycles. The Bertz CT molecular complexity index is 36.2. The maximum absolute atomic E-state index is 8.41. The average molecular weight is 116 g/mol. The third-order valence-corrected chi connectivity index (χ3v) is 0. The fourth-order valence-corrected chi connectivity index (χ4v) is 0. The van der Waals surface area contributed by atoms with E-state index in [0.29, 0.717) is 0 Å². The zero-order valence-electron chi connectivity index (χ0n) is 2.18. The third kappa shape index (κ3) is 274. The summed E-state index contributed by atoms with van der Waals surface area (Å²) in [4.78, 5) is 7.75. The van der Waals surface area contributed by atoms with Crippen LogP contribution in [-0.2, 0) is 27.3 Å². The van der Waals surface area contributed by atoms with Crippen LogP contribution in [-0.4, -0.2) is 6.79 Å². The van der Waals surface area contributed by atoms with Crippen LogP contribution in [0.3, 0.4) is 0 Å². The molecule has 0 radical (unpaired) electrons. The summed E-state index contributed by atoms with van der Waals surface area (Å²) in [6.45, 7) is 3.25. The van der Waals surface area contributed by atoms with Crippen LogP contribution in [0, 0.1) is 0 Å². The first-order valence-corrected chi connectivity index (χ1v) is 1.51. The SMILES string of the molecule is [CH-]=O.[O]=[Mn]=[O]. The molecule has 3 nitrogen and oxygen atoms in total. The van der Waals surface area contributed by atoms with E-state index >= 15 is 0 Å². The van der Waals surface area contributed by atoms with Crippen LogP contribution in [0.2, 0.25) is 0 Å². The van der Waals surface area contributed by atoms with Gasteiger partial charge in [0.1, 0.15) is 0 Å². The monoisotopic (exact) mass is 116 g/mol. The van der Waals surface area contributed by atoms with Gasteiger partial charge in [-0.1, -0.05) is 0 Å². The van der Waals surface area contributed by atoms with E-state index in [2.05, 4.69) is 6.79 Å². The van der Waals surface area contributed by atoms with Crippen LogP contribution in [0.5, 0.6) is 0 Å². The zero-order valence-corrected chi connectivity index (χ0v) is 3.36. The molecule has 0 unspecified atom stereocenters. The average Bonchev–Trinajstić information content (AvgIpc) is 1.46. The molecule has 31 valence electrons. The maximum atomic E-state index is 8.41. The van der Waals surface area contributed by atoms with E-state index in [4.69, 9.17) is 12.5 Å². The van der Waals surface area contributed by atoms with Gasteiger partial charge >= 0.3 is 22.5 Å². The second kappa shape index (κ2) is 47.3. The Kier molecular flexibility index (Phi) is 83.6. The topological polar surface area (TPSA) is 51.2 Å². The summed E-state index contributed by atoms with van der Waals surface area (Å²) >= 11 is -1.44. The van der Waals surface area contributed by atoms with E-state index in [0.717, 1.165) is 0 Å². The van der Waals surface area contributed by atoms with Crippen LogP contribution >= 0.6 is 0 Å². The van der Waals surface area contributed by atoms with Gasteiger partial charge in [-0.3, -0.25) is 6.79 Å². The van der Waals surface area contributed by atoms with Gasteiger partial charge < -0.3 is 4.79 Å². The molecule has 0 N–H and O–H groups in total. The second-order valence-corrected chi connectivity index (χ2v) is 0.260. The number of carbonyl (C=O) groups excluding carboxylic acids is 1. The van der Waals surface area contributed by atoms with Crippen LogP contribution < -0.4 is 0 Å². The van der Waals surface area contributed by atoms with E-state index < -0.39 is 14.8 Å². The summed E-state index contributed by atoms with van der Waals surface area (Å²) < 4.78 is 16.8. The van der Waals surface area contributed by atoms with Gasteiger partial charge in [-0.15, -0.1) is 0 Å². The summed E-state index contributed by atoms with van der Waals surface area (Å²) in [5.41, 5.74) is 0. The normalized spacial score (nSPS) is 3.20. The van der Waals surface area contributed by atoms with Crippen molar-refractivity contribution < 1.29 is 27.3 Å². The summed E-state index contributed by atoms with van der Waals surface area (Å²) in [5, 5.41) is 0. The summed E-state index contributed by atoms with van der Waals surface area (Å²) in [5.74, 6) is 0. The summed E-state index contributed by atoms with van der Waals surface area (Å²) in [7, 11) is 0. The Balaban J connectivity index is 0. The molecule has 0 spiro atoms. The molecule has 0 aromatic heterocycles. The van der Waals surface area contributed by atoms with E-state index in [1.807, 2.05) is 0 Å². The van der Waals surface area contributed by atoms with Crippen molar-refractivity contribution in [1.82, 2.24) is 0 Å². The van der Waals surface area contributed by atoms with Crippen molar-refractivity contribution in [2.75, 3.05) is 0 Å². The van der Waals surface area contributed by atoms with Gasteiger partial charge in [-0.25, -0.2) is 0 Å². The molecule has 0 aliphatic heterocycles. The number of hydrogen-bond acceptors (Lipinski definition) is 3. The zero-order chi connectivity index (χ0) is 4.71. The summed E-state index contributed by atoms with van der Waals surface area (Å²) in [6.07, 6.45) is 0. The fourth-order valence-electron chi connectivity index (χ4n) is 0. The van der Waals surface area contributed by atoms with Crippen molar-refractivity contribution in [2.24, 2.45) is 0 Å². The predicted molar refractivity (Wildman–Crippen MR) is 8.12 cm³/mol. The molecule has 0 aliphatic carbocycles. The molecule has 0 atom stereocenters. The summed E-state index contributed by atoms with van der Waals surface area (Å²) in [6, 6.07) is 0. The fraction of sp³-hybridized carbons (Fsp3) is 0. The molecule has 0 bridgehead atoms. The molecule has 0 fully saturated rings. The third-order valence-electron chi connectivity index (χ3n) is 0. The molecule has 0 amide bonds. The van der Waals surface area contributed by atoms with Gasteiger partial charge in [0.25, 0.3) is 0 Å². The Hall–Kier alpha value is -0.211. The van der Waals surface area contributed by atoms with E-state index in [-0.39, 0.29) is 0 Å². The first-order chi connectivity index (χ1) is 2.41. The van der Waals surface area contributed by atoms with Crippen molar-refractivity contribution in [3.05, 3.63) is 0 Å². The van der Waals surface area contributed by atoms with Crippen LogP contribution in [0.15, 0.2) is 0 Å². The van der Waals surface area contributed by atoms with E-state index in [1.54, 1.807) is 0 Å². The van der Waals surface area contributed by atoms with Gasteiger partial charge in [0.05, 0.1) is 0 Å². The Morgan fingerprint density at radius 3 is 1.20 bits per heavy atom. The van der Waals surface area contributed by atoms with Crippen molar-refractivity contribution in [3.63, 3.8) is 0 Å². The second-order valence-electron chi connectivity index (χ2n) is 0.0630. The Labute approximate surface area is 34.9 Å². The van der Waals surface area contributed by atoms with Crippen LogP contribution in [0.25, 0.3) is 0 Å². The number of rotatable bonds is 0. The van der Waals surface area contributed by atoms with Crippen molar-refractivity contribution in [1.29, 1.82) is 0 Å². The number of hydrogen-bond donors (Lipinski definition) is 0. The van der Waals surface area contributed by atoms with Crippen LogP contribution in [0.1, 0.15) is 0 Å². The molecule has 0 rings (SSSR count). The van der Waals surface area contributed by atoms with Gasteiger partial charge in [-0.2, -0.15) is 0 Å². The van der Waals surface area contributed by atoms with Crippen molar-refractivity contribution in [3.8, 4) is 0 Å². The van der Waals surface area contributed by atoms with Crippen molar-refractivity contribution in [2.45, 2.75) is 0 Å². The molecule has 4 heteroatoms. The predicted octanol–water partition coefficient (Wildman–Crippen LogP) is -0.514.